The third-order valence-corrected chi connectivity index (χ3v) is 3.11. The molecule has 1 heterocycles. The molecule has 0 atom stereocenters. The summed E-state index contributed by atoms with van der Waals surface area (Å²) in [7, 11) is 0. The maximum absolute atomic E-state index is 13.1. The largest absolute Gasteiger partial charge is 0.477 e. The number of aromatic carboxylic acids is 1. The van der Waals surface area contributed by atoms with Gasteiger partial charge in [-0.25, -0.2) is 14.2 Å². The number of amides is 1. The molecule has 5 nitrogen and oxygen atoms in total. The first kappa shape index (κ1) is 14.1. The topological polar surface area (TPSA) is 79.3 Å². The summed E-state index contributed by atoms with van der Waals surface area (Å²) in [5.41, 5.74) is 0.318. The molecular formula is C13H8BrFN2O3. The first-order chi connectivity index (χ1) is 9.47. The molecule has 0 bridgehead atoms. The molecule has 0 aliphatic heterocycles. The van der Waals surface area contributed by atoms with Crippen molar-refractivity contribution in [3.63, 3.8) is 0 Å². The molecule has 0 spiro atoms. The molecule has 1 amide bonds. The average Bonchev–Trinajstić information content (AvgIpc) is 2.42. The number of carbonyl (C=O) groups is 2. The zero-order chi connectivity index (χ0) is 14.7. The van der Waals surface area contributed by atoms with Gasteiger partial charge in [0.1, 0.15) is 11.5 Å². The van der Waals surface area contributed by atoms with E-state index in [0.717, 1.165) is 6.07 Å². The minimum Gasteiger partial charge on any atom is -0.477 e. The van der Waals surface area contributed by atoms with Crippen LogP contribution < -0.4 is 5.32 Å². The van der Waals surface area contributed by atoms with Crippen LogP contribution in [0.4, 0.5) is 10.1 Å². The first-order valence-corrected chi connectivity index (χ1v) is 6.22. The van der Waals surface area contributed by atoms with Crippen molar-refractivity contribution in [1.82, 2.24) is 4.98 Å². The summed E-state index contributed by atoms with van der Waals surface area (Å²) in [6.07, 6.45) is 1.22. The van der Waals surface area contributed by atoms with Crippen LogP contribution in [0.2, 0.25) is 0 Å². The SMILES string of the molecule is O=C(O)c1ccc(NC(=O)c2cc(F)ccc2Br)cn1. The number of rotatable bonds is 3. The Morgan fingerprint density at radius 2 is 2.00 bits per heavy atom. The average molecular weight is 339 g/mol. The predicted octanol–water partition coefficient (Wildman–Crippen LogP) is 2.93. The van der Waals surface area contributed by atoms with Crippen molar-refractivity contribution in [2.24, 2.45) is 0 Å². The number of hydrogen-bond donors (Lipinski definition) is 2. The van der Waals surface area contributed by atoms with Gasteiger partial charge in [0, 0.05) is 4.47 Å². The van der Waals surface area contributed by atoms with Crippen LogP contribution >= 0.6 is 15.9 Å². The number of benzene rings is 1. The van der Waals surface area contributed by atoms with Gasteiger partial charge in [0.15, 0.2) is 0 Å². The third-order valence-electron chi connectivity index (χ3n) is 2.41. The van der Waals surface area contributed by atoms with Crippen LogP contribution in [0, 0.1) is 5.82 Å². The number of halogens is 2. The van der Waals surface area contributed by atoms with Crippen molar-refractivity contribution in [2.45, 2.75) is 0 Å². The maximum atomic E-state index is 13.1. The van der Waals surface area contributed by atoms with Gasteiger partial charge in [-0.3, -0.25) is 4.79 Å². The number of anilines is 1. The molecule has 0 saturated carbocycles. The van der Waals surface area contributed by atoms with E-state index in [4.69, 9.17) is 5.11 Å². The van der Waals surface area contributed by atoms with E-state index in [-0.39, 0.29) is 11.3 Å². The van der Waals surface area contributed by atoms with E-state index in [1.807, 2.05) is 0 Å². The Labute approximate surface area is 121 Å². The molecule has 7 heteroatoms. The quantitative estimate of drug-likeness (QED) is 0.901. The standard InChI is InChI=1S/C13H8BrFN2O3/c14-10-3-1-7(15)5-9(10)12(18)17-8-2-4-11(13(19)20)16-6-8/h1-6H,(H,17,18)(H,19,20). The van der Waals surface area contributed by atoms with Crippen LogP contribution in [0.5, 0.6) is 0 Å². The molecule has 20 heavy (non-hydrogen) atoms. The summed E-state index contributed by atoms with van der Waals surface area (Å²) in [6.45, 7) is 0. The van der Waals surface area contributed by atoms with E-state index >= 15 is 0 Å². The van der Waals surface area contributed by atoms with Gasteiger partial charge in [-0.1, -0.05) is 0 Å². The van der Waals surface area contributed by atoms with Crippen LogP contribution in [0.1, 0.15) is 20.8 Å². The van der Waals surface area contributed by atoms with E-state index in [0.29, 0.717) is 10.2 Å². The lowest BCUT2D eigenvalue weighted by atomic mass is 10.2. The highest BCUT2D eigenvalue weighted by Crippen LogP contribution is 2.19. The fraction of sp³-hybridized carbons (Fsp3) is 0. The Balaban J connectivity index is 2.19. The summed E-state index contributed by atoms with van der Waals surface area (Å²) in [4.78, 5) is 26.3. The zero-order valence-corrected chi connectivity index (χ0v) is 11.5. The Morgan fingerprint density at radius 3 is 2.60 bits per heavy atom. The summed E-state index contributed by atoms with van der Waals surface area (Å²) in [6, 6.07) is 6.42. The van der Waals surface area contributed by atoms with Gasteiger partial charge in [0.25, 0.3) is 5.91 Å². The van der Waals surface area contributed by atoms with Crippen LogP contribution in [-0.2, 0) is 0 Å². The molecule has 1 aromatic carbocycles. The summed E-state index contributed by atoms with van der Waals surface area (Å²) >= 11 is 3.15. The highest BCUT2D eigenvalue weighted by Gasteiger charge is 2.12. The number of nitrogens with one attached hydrogen (secondary N) is 1. The Hall–Kier alpha value is -2.28. The fourth-order valence-electron chi connectivity index (χ4n) is 1.46. The predicted molar refractivity (Wildman–Crippen MR) is 73.2 cm³/mol. The van der Waals surface area contributed by atoms with E-state index < -0.39 is 17.7 Å². The highest BCUT2D eigenvalue weighted by molar-refractivity contribution is 9.10. The number of carboxylic acid groups (broad SMARTS) is 1. The summed E-state index contributed by atoms with van der Waals surface area (Å²) in [5.74, 6) is -2.21. The minimum atomic E-state index is -1.16. The van der Waals surface area contributed by atoms with Gasteiger partial charge in [-0.05, 0) is 46.3 Å². The van der Waals surface area contributed by atoms with E-state index in [9.17, 15) is 14.0 Å². The van der Waals surface area contributed by atoms with Crippen molar-refractivity contribution in [1.29, 1.82) is 0 Å². The Morgan fingerprint density at radius 1 is 1.25 bits per heavy atom. The molecule has 0 aliphatic carbocycles. The first-order valence-electron chi connectivity index (χ1n) is 5.43. The van der Waals surface area contributed by atoms with Crippen LogP contribution in [0.3, 0.4) is 0 Å². The van der Waals surface area contributed by atoms with Crippen molar-refractivity contribution in [3.05, 3.63) is 58.1 Å². The molecule has 2 aromatic rings. The second kappa shape index (κ2) is 5.79. The van der Waals surface area contributed by atoms with Gasteiger partial charge in [0.05, 0.1) is 17.4 Å². The third kappa shape index (κ3) is 3.18. The Kier molecular flexibility index (Phi) is 4.09. The van der Waals surface area contributed by atoms with Gasteiger partial charge in [-0.15, -0.1) is 0 Å². The molecule has 0 unspecified atom stereocenters. The summed E-state index contributed by atoms with van der Waals surface area (Å²) < 4.78 is 13.6. The van der Waals surface area contributed by atoms with Crippen LogP contribution in [-0.4, -0.2) is 22.0 Å². The monoisotopic (exact) mass is 338 g/mol. The number of carbonyl (C=O) groups excluding carboxylic acids is 1. The normalized spacial score (nSPS) is 10.1. The molecule has 1 aromatic heterocycles. The second-order valence-corrected chi connectivity index (χ2v) is 4.67. The maximum Gasteiger partial charge on any atom is 0.354 e. The van der Waals surface area contributed by atoms with Crippen molar-refractivity contribution in [2.75, 3.05) is 5.32 Å². The number of aromatic nitrogens is 1. The summed E-state index contributed by atoms with van der Waals surface area (Å²) in [5, 5.41) is 11.2. The zero-order valence-electron chi connectivity index (χ0n) is 9.93. The lowest BCUT2D eigenvalue weighted by molar-refractivity contribution is 0.0690. The van der Waals surface area contributed by atoms with Crippen LogP contribution in [0.25, 0.3) is 0 Å². The number of carboxylic acids is 1. The van der Waals surface area contributed by atoms with Crippen molar-refractivity contribution in [3.8, 4) is 0 Å². The molecule has 0 saturated heterocycles. The molecule has 2 N–H and O–H groups in total. The van der Waals surface area contributed by atoms with Gasteiger partial charge >= 0.3 is 5.97 Å². The smallest absolute Gasteiger partial charge is 0.354 e. The molecule has 0 aliphatic rings. The van der Waals surface area contributed by atoms with Gasteiger partial charge < -0.3 is 10.4 Å². The Bertz CT molecular complexity index is 674. The minimum absolute atomic E-state index is 0.130. The van der Waals surface area contributed by atoms with Gasteiger partial charge in [-0.2, -0.15) is 0 Å². The molecule has 0 fully saturated rings. The van der Waals surface area contributed by atoms with E-state index in [1.54, 1.807) is 0 Å². The molecule has 2 rings (SSSR count). The van der Waals surface area contributed by atoms with E-state index in [2.05, 4.69) is 26.2 Å². The van der Waals surface area contributed by atoms with Crippen molar-refractivity contribution < 1.29 is 19.1 Å². The number of pyridine rings is 1. The lowest BCUT2D eigenvalue weighted by Gasteiger charge is -2.07. The fourth-order valence-corrected chi connectivity index (χ4v) is 1.89. The number of nitrogens with zero attached hydrogens (tertiary/aromatic N) is 1. The molecular weight excluding hydrogens is 331 g/mol. The van der Waals surface area contributed by atoms with E-state index in [1.165, 1.54) is 30.5 Å². The van der Waals surface area contributed by atoms with Crippen molar-refractivity contribution >= 4 is 33.5 Å². The van der Waals surface area contributed by atoms with Gasteiger partial charge in [0.2, 0.25) is 0 Å². The second-order valence-electron chi connectivity index (χ2n) is 3.82. The van der Waals surface area contributed by atoms with Crippen LogP contribution in [0.15, 0.2) is 41.0 Å². The molecule has 0 radical (unpaired) electrons. The highest BCUT2D eigenvalue weighted by atomic mass is 79.9. The lowest BCUT2D eigenvalue weighted by Crippen LogP contribution is -2.13. The molecule has 102 valence electrons. The number of hydrogen-bond acceptors (Lipinski definition) is 3.